The maximum atomic E-state index is 12.5. The molecule has 0 N–H and O–H groups in total. The van der Waals surface area contributed by atoms with Crippen molar-refractivity contribution in [2.45, 2.75) is 19.4 Å². The average Bonchev–Trinajstić information content (AvgIpc) is 3.07. The molecule has 2 aromatic carbocycles. The minimum atomic E-state index is -1.12. The van der Waals surface area contributed by atoms with Crippen molar-refractivity contribution in [1.29, 1.82) is 0 Å². The summed E-state index contributed by atoms with van der Waals surface area (Å²) in [6.07, 6.45) is 2.72. The van der Waals surface area contributed by atoms with Crippen LogP contribution in [0.3, 0.4) is 0 Å². The second-order valence-corrected chi connectivity index (χ2v) is 7.49. The summed E-state index contributed by atoms with van der Waals surface area (Å²) in [4.78, 5) is 52.4. The number of nitrogens with zero attached hydrogens (tertiary/aromatic N) is 2. The van der Waals surface area contributed by atoms with Crippen LogP contribution in [0.5, 0.6) is 0 Å². The number of benzene rings is 2. The maximum Gasteiger partial charge on any atom is 0.329 e. The standard InChI is InChI=1S/C24H22N2O5/c1-16(26-22(28)19-9-5-6-10-20(19)23(26)29)24(30)31-15-21(27)25-13-11-18(12-14-25)17-7-3-2-4-8-17/h2-11,16H,12-15H2,1H3/t16-/m1/s1. The van der Waals surface area contributed by atoms with Crippen LogP contribution in [-0.4, -0.2) is 59.2 Å². The van der Waals surface area contributed by atoms with Crippen molar-refractivity contribution in [2.24, 2.45) is 0 Å². The van der Waals surface area contributed by atoms with E-state index in [0.29, 0.717) is 13.1 Å². The molecule has 2 aliphatic heterocycles. The number of carbonyl (C=O) groups excluding carboxylic acids is 4. The molecule has 4 rings (SSSR count). The molecule has 2 aliphatic rings. The van der Waals surface area contributed by atoms with Gasteiger partial charge in [0, 0.05) is 13.1 Å². The van der Waals surface area contributed by atoms with Crippen molar-refractivity contribution in [2.75, 3.05) is 19.7 Å². The molecule has 2 aromatic rings. The first-order valence-corrected chi connectivity index (χ1v) is 10.1. The van der Waals surface area contributed by atoms with E-state index in [9.17, 15) is 19.2 Å². The molecule has 0 spiro atoms. The third kappa shape index (κ3) is 3.99. The van der Waals surface area contributed by atoms with E-state index in [1.165, 1.54) is 12.5 Å². The first-order valence-electron chi connectivity index (χ1n) is 10.1. The van der Waals surface area contributed by atoms with Gasteiger partial charge in [-0.15, -0.1) is 0 Å². The zero-order chi connectivity index (χ0) is 22.0. The van der Waals surface area contributed by atoms with Crippen LogP contribution < -0.4 is 0 Å². The van der Waals surface area contributed by atoms with Gasteiger partial charge in [-0.2, -0.15) is 0 Å². The van der Waals surface area contributed by atoms with Crippen LogP contribution in [0.4, 0.5) is 0 Å². The third-order valence-corrected chi connectivity index (χ3v) is 5.60. The predicted molar refractivity (Wildman–Crippen MR) is 113 cm³/mol. The van der Waals surface area contributed by atoms with E-state index < -0.39 is 30.4 Å². The van der Waals surface area contributed by atoms with Gasteiger partial charge in [0.1, 0.15) is 6.04 Å². The smallest absolute Gasteiger partial charge is 0.329 e. The van der Waals surface area contributed by atoms with Crippen LogP contribution in [-0.2, 0) is 14.3 Å². The number of esters is 1. The number of amides is 3. The van der Waals surface area contributed by atoms with Crippen LogP contribution in [0.2, 0.25) is 0 Å². The summed E-state index contributed by atoms with van der Waals surface area (Å²) in [5, 5.41) is 0. The summed E-state index contributed by atoms with van der Waals surface area (Å²) in [5.41, 5.74) is 2.84. The Balaban J connectivity index is 1.32. The molecular weight excluding hydrogens is 396 g/mol. The van der Waals surface area contributed by atoms with E-state index in [4.69, 9.17) is 4.74 Å². The number of rotatable bonds is 5. The zero-order valence-electron chi connectivity index (χ0n) is 17.1. The molecular formula is C24H22N2O5. The Morgan fingerprint density at radius 3 is 2.16 bits per heavy atom. The minimum Gasteiger partial charge on any atom is -0.454 e. The Bertz CT molecular complexity index is 1040. The van der Waals surface area contributed by atoms with Crippen LogP contribution >= 0.6 is 0 Å². The molecule has 0 unspecified atom stereocenters. The van der Waals surface area contributed by atoms with Crippen molar-refractivity contribution in [1.82, 2.24) is 9.80 Å². The average molecular weight is 418 g/mol. The quantitative estimate of drug-likeness (QED) is 0.550. The topological polar surface area (TPSA) is 84.0 Å². The van der Waals surface area contributed by atoms with Gasteiger partial charge in [-0.1, -0.05) is 48.5 Å². The Hall–Kier alpha value is -3.74. The molecule has 1 atom stereocenters. The lowest BCUT2D eigenvalue weighted by Gasteiger charge is -2.27. The molecule has 0 fully saturated rings. The van der Waals surface area contributed by atoms with Gasteiger partial charge in [-0.3, -0.25) is 19.3 Å². The number of ether oxygens (including phenoxy) is 1. The summed E-state index contributed by atoms with van der Waals surface area (Å²) in [5.74, 6) is -2.18. The van der Waals surface area contributed by atoms with E-state index in [2.05, 4.69) is 0 Å². The Morgan fingerprint density at radius 2 is 1.58 bits per heavy atom. The zero-order valence-corrected chi connectivity index (χ0v) is 17.1. The van der Waals surface area contributed by atoms with Crippen LogP contribution in [0.1, 0.15) is 39.6 Å². The van der Waals surface area contributed by atoms with Crippen LogP contribution in [0.25, 0.3) is 5.57 Å². The monoisotopic (exact) mass is 418 g/mol. The van der Waals surface area contributed by atoms with Gasteiger partial charge in [-0.25, -0.2) is 4.79 Å². The first-order chi connectivity index (χ1) is 15.0. The van der Waals surface area contributed by atoms with Crippen molar-refractivity contribution < 1.29 is 23.9 Å². The van der Waals surface area contributed by atoms with E-state index in [1.54, 1.807) is 29.2 Å². The fourth-order valence-corrected chi connectivity index (χ4v) is 3.82. The molecule has 7 heteroatoms. The molecule has 0 saturated carbocycles. The summed E-state index contributed by atoms with van der Waals surface area (Å²) in [6.45, 7) is 1.96. The lowest BCUT2D eigenvalue weighted by molar-refractivity contribution is -0.154. The molecule has 0 saturated heterocycles. The fraction of sp³-hybridized carbons (Fsp3) is 0.250. The van der Waals surface area contributed by atoms with Gasteiger partial charge in [0.25, 0.3) is 17.7 Å². The molecule has 0 aliphatic carbocycles. The van der Waals surface area contributed by atoms with Gasteiger partial charge in [0.2, 0.25) is 0 Å². The van der Waals surface area contributed by atoms with Crippen molar-refractivity contribution in [3.05, 3.63) is 77.4 Å². The van der Waals surface area contributed by atoms with Crippen LogP contribution in [0.15, 0.2) is 60.7 Å². The van der Waals surface area contributed by atoms with Crippen molar-refractivity contribution in [3.63, 3.8) is 0 Å². The van der Waals surface area contributed by atoms with E-state index in [0.717, 1.165) is 16.9 Å². The molecule has 158 valence electrons. The second kappa shape index (κ2) is 8.55. The molecule has 0 aromatic heterocycles. The molecule has 3 amide bonds. The fourth-order valence-electron chi connectivity index (χ4n) is 3.82. The largest absolute Gasteiger partial charge is 0.454 e. The normalized spacial score (nSPS) is 16.6. The SMILES string of the molecule is C[C@H](C(=O)OCC(=O)N1CC=C(c2ccccc2)CC1)N1C(=O)c2ccccc2C1=O. The Kier molecular flexibility index (Phi) is 5.66. The highest BCUT2D eigenvalue weighted by Crippen LogP contribution is 2.25. The number of hydrogen-bond acceptors (Lipinski definition) is 5. The van der Waals surface area contributed by atoms with E-state index in [-0.39, 0.29) is 17.0 Å². The third-order valence-electron chi connectivity index (χ3n) is 5.60. The summed E-state index contributed by atoms with van der Waals surface area (Å²) in [7, 11) is 0. The number of carbonyl (C=O) groups is 4. The highest BCUT2D eigenvalue weighted by atomic mass is 16.5. The lowest BCUT2D eigenvalue weighted by Crippen LogP contribution is -2.45. The molecule has 2 heterocycles. The Morgan fingerprint density at radius 1 is 0.968 bits per heavy atom. The molecule has 0 bridgehead atoms. The van der Waals surface area contributed by atoms with Crippen molar-refractivity contribution >= 4 is 29.3 Å². The van der Waals surface area contributed by atoms with Gasteiger partial charge >= 0.3 is 5.97 Å². The van der Waals surface area contributed by atoms with E-state index >= 15 is 0 Å². The summed E-state index contributed by atoms with van der Waals surface area (Å²) in [6, 6.07) is 15.3. The first kappa shape index (κ1) is 20.5. The molecule has 31 heavy (non-hydrogen) atoms. The minimum absolute atomic E-state index is 0.262. The number of fused-ring (bicyclic) bond motifs is 1. The van der Waals surface area contributed by atoms with E-state index in [1.807, 2.05) is 36.4 Å². The predicted octanol–water partition coefficient (Wildman–Crippen LogP) is 2.53. The lowest BCUT2D eigenvalue weighted by atomic mass is 10.00. The van der Waals surface area contributed by atoms with Crippen LogP contribution in [0, 0.1) is 0 Å². The highest BCUT2D eigenvalue weighted by molar-refractivity contribution is 6.22. The van der Waals surface area contributed by atoms with Gasteiger partial charge in [-0.05, 0) is 36.6 Å². The van der Waals surface area contributed by atoms with Crippen molar-refractivity contribution in [3.8, 4) is 0 Å². The highest BCUT2D eigenvalue weighted by Gasteiger charge is 2.41. The summed E-state index contributed by atoms with van der Waals surface area (Å²) >= 11 is 0. The van der Waals surface area contributed by atoms with Gasteiger partial charge in [0.05, 0.1) is 11.1 Å². The van der Waals surface area contributed by atoms with Gasteiger partial charge in [0.15, 0.2) is 6.61 Å². The summed E-state index contributed by atoms with van der Waals surface area (Å²) < 4.78 is 5.14. The number of imide groups is 1. The number of hydrogen-bond donors (Lipinski definition) is 0. The Labute approximate surface area is 179 Å². The molecule has 0 radical (unpaired) electrons. The molecule has 7 nitrogen and oxygen atoms in total. The van der Waals surface area contributed by atoms with Gasteiger partial charge < -0.3 is 9.64 Å². The second-order valence-electron chi connectivity index (χ2n) is 7.49. The maximum absolute atomic E-state index is 12.5.